The number of carbonyl (C=O) groups excluding carboxylic acids is 2. The van der Waals surface area contributed by atoms with Crippen LogP contribution in [-0.2, 0) is 9.53 Å². The van der Waals surface area contributed by atoms with Gasteiger partial charge in [0.2, 0.25) is 11.9 Å². The molecule has 26 heavy (non-hydrogen) atoms. The Morgan fingerprint density at radius 2 is 2.00 bits per heavy atom. The Balaban J connectivity index is 1.96. The van der Waals surface area contributed by atoms with Gasteiger partial charge in [-0.3, -0.25) is 10.1 Å². The Morgan fingerprint density at radius 1 is 1.31 bits per heavy atom. The van der Waals surface area contributed by atoms with Crippen LogP contribution in [0.1, 0.15) is 26.5 Å². The normalized spacial score (nSPS) is 12.1. The zero-order chi connectivity index (χ0) is 19.5. The lowest BCUT2D eigenvalue weighted by molar-refractivity contribution is -0.120. The summed E-state index contributed by atoms with van der Waals surface area (Å²) in [5.74, 6) is 0.264. The average Bonchev–Trinajstić information content (AvgIpc) is 2.84. The Kier molecular flexibility index (Phi) is 5.54. The molecule has 2 amide bonds. The molecule has 1 heterocycles. The number of aryl methyl sites for hydroxylation is 1. The van der Waals surface area contributed by atoms with E-state index >= 15 is 0 Å². The lowest BCUT2D eigenvalue weighted by atomic mass is 10.2. The molecule has 0 fully saturated rings. The molecule has 1 aromatic heterocycles. The second-order valence-corrected chi connectivity index (χ2v) is 6.96. The van der Waals surface area contributed by atoms with Crippen molar-refractivity contribution in [2.45, 2.75) is 33.3 Å². The van der Waals surface area contributed by atoms with Crippen LogP contribution in [0.2, 0.25) is 0 Å². The van der Waals surface area contributed by atoms with E-state index in [4.69, 9.17) is 14.9 Å². The van der Waals surface area contributed by atoms with Gasteiger partial charge in [-0.15, -0.1) is 0 Å². The molecule has 2 rings (SSSR count). The van der Waals surface area contributed by atoms with Crippen LogP contribution in [0.25, 0.3) is 11.0 Å². The molecule has 0 saturated heterocycles. The molecule has 3 N–H and O–H groups in total. The molecule has 0 atom stereocenters. The highest BCUT2D eigenvalue weighted by Crippen LogP contribution is 2.24. The minimum atomic E-state index is -0.633. The van der Waals surface area contributed by atoms with Crippen LogP contribution in [-0.4, -0.2) is 42.1 Å². The molecule has 0 aliphatic rings. The van der Waals surface area contributed by atoms with Gasteiger partial charge in [0.05, 0.1) is 5.69 Å². The number of nitrogens with two attached hydrogens (primary N) is 1. The van der Waals surface area contributed by atoms with E-state index in [-0.39, 0.29) is 12.5 Å². The van der Waals surface area contributed by atoms with Crippen LogP contribution in [0.15, 0.2) is 33.7 Å². The topological polar surface area (TPSA) is 110 Å². The molecule has 0 radical (unpaired) electrons. The van der Waals surface area contributed by atoms with Crippen molar-refractivity contribution in [1.82, 2.24) is 10.2 Å². The zero-order valence-corrected chi connectivity index (χ0v) is 15.6. The van der Waals surface area contributed by atoms with Gasteiger partial charge in [0, 0.05) is 12.4 Å². The number of furan rings is 1. The SMILES string of the molecule is Cc1cc2cc(N=C(N)NC(=O)CN(C)C(=O)OC(C)(C)C)ccc2o1. The number of rotatable bonds is 3. The van der Waals surface area contributed by atoms with Gasteiger partial charge in [0.25, 0.3) is 0 Å². The number of carbonyl (C=O) groups is 2. The van der Waals surface area contributed by atoms with Crippen LogP contribution >= 0.6 is 0 Å². The van der Waals surface area contributed by atoms with Crippen LogP contribution in [0.3, 0.4) is 0 Å². The maximum Gasteiger partial charge on any atom is 0.410 e. The quantitative estimate of drug-likeness (QED) is 0.646. The molecule has 0 saturated carbocycles. The molecule has 0 aliphatic carbocycles. The first-order chi connectivity index (χ1) is 12.0. The minimum Gasteiger partial charge on any atom is -0.461 e. The van der Waals surface area contributed by atoms with Crippen molar-refractivity contribution in [2.75, 3.05) is 13.6 Å². The number of nitrogens with zero attached hydrogens (tertiary/aromatic N) is 2. The molecule has 8 nitrogen and oxygen atoms in total. The fraction of sp³-hybridized carbons (Fsp3) is 0.389. The third kappa shape index (κ3) is 5.51. The second kappa shape index (κ2) is 7.47. The Labute approximate surface area is 152 Å². The highest BCUT2D eigenvalue weighted by Gasteiger charge is 2.21. The molecule has 0 unspecified atom stereocenters. The number of hydrogen-bond acceptors (Lipinski definition) is 5. The van der Waals surface area contributed by atoms with E-state index in [9.17, 15) is 9.59 Å². The van der Waals surface area contributed by atoms with E-state index in [1.807, 2.05) is 13.0 Å². The summed E-state index contributed by atoms with van der Waals surface area (Å²) in [7, 11) is 1.47. The van der Waals surface area contributed by atoms with E-state index in [1.165, 1.54) is 7.05 Å². The maximum absolute atomic E-state index is 12.0. The molecule has 0 bridgehead atoms. The first kappa shape index (κ1) is 19.3. The maximum atomic E-state index is 12.0. The third-order valence-corrected chi connectivity index (χ3v) is 3.23. The van der Waals surface area contributed by atoms with Crippen LogP contribution in [0.4, 0.5) is 10.5 Å². The van der Waals surface area contributed by atoms with Crippen molar-refractivity contribution >= 4 is 34.6 Å². The summed E-state index contributed by atoms with van der Waals surface area (Å²) >= 11 is 0. The number of benzene rings is 1. The Hall–Kier alpha value is -3.03. The van der Waals surface area contributed by atoms with Crippen LogP contribution in [0.5, 0.6) is 0 Å². The third-order valence-electron chi connectivity index (χ3n) is 3.23. The summed E-state index contributed by atoms with van der Waals surface area (Å²) in [5, 5.41) is 3.34. The molecular formula is C18H24N4O4. The molecule has 0 aliphatic heterocycles. The number of ether oxygens (including phenoxy) is 1. The van der Waals surface area contributed by atoms with Gasteiger partial charge < -0.3 is 19.8 Å². The van der Waals surface area contributed by atoms with Gasteiger partial charge in [0.1, 0.15) is 23.5 Å². The fourth-order valence-electron chi connectivity index (χ4n) is 2.20. The summed E-state index contributed by atoms with van der Waals surface area (Å²) in [5.41, 5.74) is 6.47. The molecule has 8 heteroatoms. The van der Waals surface area contributed by atoms with Gasteiger partial charge >= 0.3 is 6.09 Å². The Bertz CT molecular complexity index is 848. The summed E-state index contributed by atoms with van der Waals surface area (Å²) in [6.07, 6.45) is -0.594. The number of likely N-dealkylation sites (N-methyl/N-ethyl adjacent to an activating group) is 1. The molecule has 2 aromatic rings. The highest BCUT2D eigenvalue weighted by molar-refractivity contribution is 5.99. The standard InChI is InChI=1S/C18H24N4O4/c1-11-8-12-9-13(6-7-14(12)25-11)20-16(19)21-15(23)10-22(5)17(24)26-18(2,3)4/h6-9H,10H2,1-5H3,(H3,19,20,21,23). The molecule has 140 valence electrons. The second-order valence-electron chi connectivity index (χ2n) is 6.96. The van der Waals surface area contributed by atoms with E-state index < -0.39 is 17.6 Å². The number of fused-ring (bicyclic) bond motifs is 1. The highest BCUT2D eigenvalue weighted by atomic mass is 16.6. The summed E-state index contributed by atoms with van der Waals surface area (Å²) in [6, 6.07) is 7.21. The van der Waals surface area contributed by atoms with Gasteiger partial charge in [-0.1, -0.05) is 0 Å². The van der Waals surface area contributed by atoms with Gasteiger partial charge in [-0.25, -0.2) is 9.79 Å². The number of hydrogen-bond donors (Lipinski definition) is 2. The molecular weight excluding hydrogens is 336 g/mol. The monoisotopic (exact) mass is 360 g/mol. The van der Waals surface area contributed by atoms with Crippen molar-refractivity contribution < 1.29 is 18.7 Å². The smallest absolute Gasteiger partial charge is 0.410 e. The summed E-state index contributed by atoms with van der Waals surface area (Å²) < 4.78 is 10.7. The van der Waals surface area contributed by atoms with Gasteiger partial charge in [0.15, 0.2) is 0 Å². The predicted octanol–water partition coefficient (Wildman–Crippen LogP) is 2.67. The number of amides is 2. The average molecular weight is 360 g/mol. The largest absolute Gasteiger partial charge is 0.461 e. The Morgan fingerprint density at radius 3 is 2.65 bits per heavy atom. The lowest BCUT2D eigenvalue weighted by Crippen LogP contribution is -2.44. The number of aliphatic imine (C=N–C) groups is 1. The predicted molar refractivity (Wildman–Crippen MR) is 99.2 cm³/mol. The van der Waals surface area contributed by atoms with Crippen LogP contribution < -0.4 is 11.1 Å². The van der Waals surface area contributed by atoms with Gasteiger partial charge in [-0.05, 0) is 52.0 Å². The van der Waals surface area contributed by atoms with Crippen molar-refractivity contribution in [3.8, 4) is 0 Å². The molecule has 0 spiro atoms. The van der Waals surface area contributed by atoms with Crippen molar-refractivity contribution in [1.29, 1.82) is 0 Å². The van der Waals surface area contributed by atoms with E-state index in [2.05, 4.69) is 10.3 Å². The van der Waals surface area contributed by atoms with Crippen molar-refractivity contribution in [2.24, 2.45) is 10.7 Å². The van der Waals surface area contributed by atoms with Crippen molar-refractivity contribution in [3.05, 3.63) is 30.0 Å². The van der Waals surface area contributed by atoms with Crippen molar-refractivity contribution in [3.63, 3.8) is 0 Å². The van der Waals surface area contributed by atoms with Gasteiger partial charge in [-0.2, -0.15) is 0 Å². The number of nitrogens with one attached hydrogen (secondary N) is 1. The van der Waals surface area contributed by atoms with E-state index in [1.54, 1.807) is 39.0 Å². The lowest BCUT2D eigenvalue weighted by Gasteiger charge is -2.24. The van der Waals surface area contributed by atoms with E-state index in [0.29, 0.717) is 5.69 Å². The first-order valence-electron chi connectivity index (χ1n) is 8.12. The molecule has 1 aromatic carbocycles. The fourth-order valence-corrected chi connectivity index (χ4v) is 2.20. The summed E-state index contributed by atoms with van der Waals surface area (Å²) in [6.45, 7) is 6.91. The van der Waals surface area contributed by atoms with Crippen LogP contribution in [0, 0.1) is 6.92 Å². The van der Waals surface area contributed by atoms with E-state index in [0.717, 1.165) is 21.6 Å². The first-order valence-corrected chi connectivity index (χ1v) is 8.12. The number of guanidine groups is 1. The summed E-state index contributed by atoms with van der Waals surface area (Å²) in [4.78, 5) is 29.2. The minimum absolute atomic E-state index is 0.0628. The zero-order valence-electron chi connectivity index (χ0n) is 15.6.